The number of aryl methyl sites for hydroxylation is 1. The van der Waals surface area contributed by atoms with Crippen molar-refractivity contribution in [3.8, 4) is 5.69 Å². The fourth-order valence-electron chi connectivity index (χ4n) is 2.07. The smallest absolute Gasteiger partial charge is 0.280 e. The van der Waals surface area contributed by atoms with Crippen molar-refractivity contribution in [2.24, 2.45) is 11.0 Å². The second kappa shape index (κ2) is 7.28. The monoisotopic (exact) mass is 334 g/mol. The zero-order chi connectivity index (χ0) is 17.0. The van der Waals surface area contributed by atoms with Gasteiger partial charge in [0.2, 0.25) is 5.91 Å². The van der Waals surface area contributed by atoms with Crippen LogP contribution >= 0.6 is 11.6 Å². The first-order valence-electron chi connectivity index (χ1n) is 7.28. The zero-order valence-electron chi connectivity index (χ0n) is 13.3. The molecule has 0 saturated heterocycles. The maximum atomic E-state index is 12.4. The van der Waals surface area contributed by atoms with Gasteiger partial charge in [0.25, 0.3) is 5.56 Å². The highest BCUT2D eigenvalue weighted by atomic mass is 35.5. The molecule has 2 rings (SSSR count). The Kier molecular flexibility index (Phi) is 5.39. The fourth-order valence-corrected chi connectivity index (χ4v) is 2.19. The van der Waals surface area contributed by atoms with Gasteiger partial charge in [-0.15, -0.1) is 0 Å². The minimum absolute atomic E-state index is 0.178. The number of benzene rings is 1. The van der Waals surface area contributed by atoms with Crippen LogP contribution < -0.4 is 11.0 Å². The van der Waals surface area contributed by atoms with Crippen molar-refractivity contribution >= 4 is 23.7 Å². The summed E-state index contributed by atoms with van der Waals surface area (Å²) in [7, 11) is 0. The number of carbonyl (C=O) groups is 1. The number of hydrogen-bond acceptors (Lipinski definition) is 3. The van der Waals surface area contributed by atoms with E-state index < -0.39 is 0 Å². The van der Waals surface area contributed by atoms with Gasteiger partial charge >= 0.3 is 0 Å². The van der Waals surface area contributed by atoms with Gasteiger partial charge in [-0.25, -0.2) is 10.1 Å². The summed E-state index contributed by atoms with van der Waals surface area (Å²) in [6.07, 6.45) is 1.75. The third kappa shape index (κ3) is 4.32. The van der Waals surface area contributed by atoms with Crippen LogP contribution in [0, 0.1) is 12.8 Å². The Labute approximate surface area is 139 Å². The van der Waals surface area contributed by atoms with Crippen LogP contribution in [0.4, 0.5) is 0 Å². The molecule has 0 aliphatic carbocycles. The average Bonchev–Trinajstić information content (AvgIpc) is 2.75. The van der Waals surface area contributed by atoms with Crippen LogP contribution in [0.1, 0.15) is 31.5 Å². The molecule has 0 aliphatic rings. The second-order valence-corrected chi connectivity index (χ2v) is 6.10. The first kappa shape index (κ1) is 17.0. The molecule has 6 nitrogen and oxygen atoms in total. The molecular weight excluding hydrogens is 316 g/mol. The quantitative estimate of drug-likeness (QED) is 0.651. The van der Waals surface area contributed by atoms with Crippen LogP contribution in [0.5, 0.6) is 0 Å². The molecule has 1 amide bonds. The van der Waals surface area contributed by atoms with Crippen molar-refractivity contribution in [2.45, 2.75) is 27.2 Å². The maximum Gasteiger partial charge on any atom is 0.280 e. The molecule has 1 aromatic carbocycles. The van der Waals surface area contributed by atoms with Gasteiger partial charge in [-0.2, -0.15) is 5.10 Å². The standard InChI is InChI=1S/C16H19ClN4O2/c1-10(2)8-15(22)19-18-9-14-11(3)20-21(16(14)23)13-6-4-12(17)5-7-13/h4-7,9-10,20H,8H2,1-3H3,(H,19,22)/b18-9+. The molecule has 1 heterocycles. The van der Waals surface area contributed by atoms with Gasteiger partial charge in [-0.3, -0.25) is 14.7 Å². The number of nitrogens with one attached hydrogen (secondary N) is 2. The lowest BCUT2D eigenvalue weighted by molar-refractivity contribution is -0.121. The number of halogens is 1. The van der Waals surface area contributed by atoms with Crippen molar-refractivity contribution < 1.29 is 4.79 Å². The summed E-state index contributed by atoms with van der Waals surface area (Å²) in [5, 5.41) is 7.43. The van der Waals surface area contributed by atoms with E-state index in [4.69, 9.17) is 11.6 Å². The van der Waals surface area contributed by atoms with Crippen molar-refractivity contribution in [3.05, 3.63) is 50.9 Å². The Hall–Kier alpha value is -2.34. The van der Waals surface area contributed by atoms with Gasteiger partial charge in [0.15, 0.2) is 0 Å². The summed E-state index contributed by atoms with van der Waals surface area (Å²) >= 11 is 5.85. The number of amides is 1. The van der Waals surface area contributed by atoms with Gasteiger partial charge in [0.1, 0.15) is 0 Å². The third-order valence-electron chi connectivity index (χ3n) is 3.18. The molecule has 0 saturated carbocycles. The molecule has 7 heteroatoms. The molecule has 0 radical (unpaired) electrons. The Morgan fingerprint density at radius 2 is 2.04 bits per heavy atom. The van der Waals surface area contributed by atoms with E-state index in [0.29, 0.717) is 28.4 Å². The van der Waals surface area contributed by atoms with Crippen LogP contribution in [-0.2, 0) is 4.79 Å². The molecule has 0 unspecified atom stereocenters. The molecule has 0 bridgehead atoms. The molecule has 1 aromatic heterocycles. The van der Waals surface area contributed by atoms with Crippen molar-refractivity contribution in [1.82, 2.24) is 15.2 Å². The lowest BCUT2D eigenvalue weighted by Crippen LogP contribution is -2.21. The minimum Gasteiger partial charge on any atom is -0.295 e. The summed E-state index contributed by atoms with van der Waals surface area (Å²) in [5.41, 5.74) is 3.91. The highest BCUT2D eigenvalue weighted by Crippen LogP contribution is 2.12. The first-order chi connectivity index (χ1) is 10.9. The maximum absolute atomic E-state index is 12.4. The first-order valence-corrected chi connectivity index (χ1v) is 7.65. The highest BCUT2D eigenvalue weighted by Gasteiger charge is 2.11. The number of aromatic nitrogens is 2. The van der Waals surface area contributed by atoms with Crippen LogP contribution in [0.15, 0.2) is 34.2 Å². The SMILES string of the molecule is Cc1[nH]n(-c2ccc(Cl)cc2)c(=O)c1/C=N/NC(=O)CC(C)C. The van der Waals surface area contributed by atoms with Crippen molar-refractivity contribution in [1.29, 1.82) is 0 Å². The number of aromatic amines is 1. The summed E-state index contributed by atoms with van der Waals surface area (Å²) in [4.78, 5) is 24.0. The molecule has 0 fully saturated rings. The summed E-state index contributed by atoms with van der Waals surface area (Å²) < 4.78 is 1.41. The van der Waals surface area contributed by atoms with E-state index in [1.54, 1.807) is 31.2 Å². The highest BCUT2D eigenvalue weighted by molar-refractivity contribution is 6.30. The number of rotatable bonds is 5. The summed E-state index contributed by atoms with van der Waals surface area (Å²) in [6.45, 7) is 5.67. The Morgan fingerprint density at radius 3 is 2.65 bits per heavy atom. The number of carbonyl (C=O) groups excluding carboxylic acids is 1. The molecule has 23 heavy (non-hydrogen) atoms. The molecular formula is C16H19ClN4O2. The fraction of sp³-hybridized carbons (Fsp3) is 0.312. The average molecular weight is 335 g/mol. The van der Waals surface area contributed by atoms with Crippen molar-refractivity contribution in [2.75, 3.05) is 0 Å². The predicted molar refractivity (Wildman–Crippen MR) is 91.3 cm³/mol. The second-order valence-electron chi connectivity index (χ2n) is 5.66. The van der Waals surface area contributed by atoms with E-state index in [-0.39, 0.29) is 17.4 Å². The van der Waals surface area contributed by atoms with Crippen LogP contribution in [0.3, 0.4) is 0 Å². The van der Waals surface area contributed by atoms with Crippen LogP contribution in [0.2, 0.25) is 5.02 Å². The molecule has 0 spiro atoms. The van der Waals surface area contributed by atoms with E-state index in [0.717, 1.165) is 0 Å². The van der Waals surface area contributed by atoms with E-state index >= 15 is 0 Å². The van der Waals surface area contributed by atoms with E-state index in [1.807, 2.05) is 13.8 Å². The third-order valence-corrected chi connectivity index (χ3v) is 3.43. The van der Waals surface area contributed by atoms with Crippen LogP contribution in [-0.4, -0.2) is 21.9 Å². The lowest BCUT2D eigenvalue weighted by Gasteiger charge is -2.01. The van der Waals surface area contributed by atoms with E-state index in [1.165, 1.54) is 10.9 Å². The van der Waals surface area contributed by atoms with Gasteiger partial charge < -0.3 is 0 Å². The number of nitrogens with zero attached hydrogens (tertiary/aromatic N) is 2. The van der Waals surface area contributed by atoms with E-state index in [9.17, 15) is 9.59 Å². The predicted octanol–water partition coefficient (Wildman–Crippen LogP) is 2.62. The Morgan fingerprint density at radius 1 is 1.39 bits per heavy atom. The molecule has 0 atom stereocenters. The topological polar surface area (TPSA) is 79.2 Å². The number of hydrazone groups is 1. The van der Waals surface area contributed by atoms with Crippen LogP contribution in [0.25, 0.3) is 5.69 Å². The molecule has 122 valence electrons. The van der Waals surface area contributed by atoms with Crippen molar-refractivity contribution in [3.63, 3.8) is 0 Å². The molecule has 2 aromatic rings. The summed E-state index contributed by atoms with van der Waals surface area (Å²) in [6, 6.07) is 6.90. The normalized spacial score (nSPS) is 11.3. The summed E-state index contributed by atoms with van der Waals surface area (Å²) in [5.74, 6) is 0.0730. The molecule has 2 N–H and O–H groups in total. The number of H-pyrrole nitrogens is 1. The Balaban J connectivity index is 2.20. The van der Waals surface area contributed by atoms with Gasteiger partial charge in [0.05, 0.1) is 17.5 Å². The zero-order valence-corrected chi connectivity index (χ0v) is 14.0. The largest absolute Gasteiger partial charge is 0.295 e. The number of hydrogen-bond donors (Lipinski definition) is 2. The van der Waals surface area contributed by atoms with Gasteiger partial charge in [-0.05, 0) is 37.1 Å². The van der Waals surface area contributed by atoms with Gasteiger partial charge in [-0.1, -0.05) is 25.4 Å². The lowest BCUT2D eigenvalue weighted by atomic mass is 10.1. The van der Waals surface area contributed by atoms with Gasteiger partial charge in [0, 0.05) is 17.1 Å². The Bertz CT molecular complexity index is 772. The molecule has 0 aliphatic heterocycles. The van der Waals surface area contributed by atoms with E-state index in [2.05, 4.69) is 15.6 Å². The minimum atomic E-state index is -0.244.